The lowest BCUT2D eigenvalue weighted by Gasteiger charge is -2.30. The van der Waals surface area contributed by atoms with Gasteiger partial charge in [-0.3, -0.25) is 0 Å². The van der Waals surface area contributed by atoms with Gasteiger partial charge < -0.3 is 0 Å². The molecule has 1 spiro atoms. The molecule has 4 heteroatoms. The predicted octanol–water partition coefficient (Wildman–Crippen LogP) is 15.3. The van der Waals surface area contributed by atoms with Crippen LogP contribution in [0.3, 0.4) is 0 Å². The fourth-order valence-corrected chi connectivity index (χ4v) is 10.8. The number of benzene rings is 9. The maximum absolute atomic E-state index is 4.28. The van der Waals surface area contributed by atoms with Gasteiger partial charge in [-0.1, -0.05) is 158 Å². The summed E-state index contributed by atoms with van der Waals surface area (Å²) >= 11 is 0. The van der Waals surface area contributed by atoms with Crippen LogP contribution in [0, 0.1) is 0 Å². The Bertz CT molecular complexity index is 3500. The molecule has 312 valence electrons. The lowest BCUT2D eigenvalue weighted by atomic mass is 9.70. The van der Waals surface area contributed by atoms with Gasteiger partial charge in [0.05, 0.1) is 5.41 Å². The molecule has 4 nitrogen and oxygen atoms in total. The molecule has 0 fully saturated rings. The third kappa shape index (κ3) is 6.37. The van der Waals surface area contributed by atoms with Crippen molar-refractivity contribution in [2.75, 3.05) is 0 Å². The first-order chi connectivity index (χ1) is 33.2. The summed E-state index contributed by atoms with van der Waals surface area (Å²) in [7, 11) is 0. The summed E-state index contributed by atoms with van der Waals surface area (Å²) in [5, 5.41) is 0. The van der Waals surface area contributed by atoms with Gasteiger partial charge in [-0.25, -0.2) is 19.9 Å². The molecular formula is C63H40N4. The summed E-state index contributed by atoms with van der Waals surface area (Å²) in [6, 6.07) is 76.5. The van der Waals surface area contributed by atoms with Crippen molar-refractivity contribution >= 4 is 0 Å². The average molecular weight is 853 g/mol. The van der Waals surface area contributed by atoms with Crippen LogP contribution in [0.2, 0.25) is 0 Å². The van der Waals surface area contributed by atoms with Crippen LogP contribution in [0.25, 0.3) is 100 Å². The van der Waals surface area contributed by atoms with Crippen LogP contribution in [0.5, 0.6) is 0 Å². The summed E-state index contributed by atoms with van der Waals surface area (Å²) in [5.74, 6) is 0. The Labute approximate surface area is 389 Å². The van der Waals surface area contributed by atoms with E-state index in [0.717, 1.165) is 72.3 Å². The molecule has 0 unspecified atom stereocenters. The number of hydrogen-bond acceptors (Lipinski definition) is 4. The summed E-state index contributed by atoms with van der Waals surface area (Å²) in [4.78, 5) is 17.1. The first-order valence-corrected chi connectivity index (χ1v) is 22.7. The van der Waals surface area contributed by atoms with Gasteiger partial charge in [0.15, 0.2) is 0 Å². The first-order valence-electron chi connectivity index (χ1n) is 22.7. The monoisotopic (exact) mass is 852 g/mol. The van der Waals surface area contributed by atoms with E-state index in [9.17, 15) is 0 Å². The van der Waals surface area contributed by atoms with Gasteiger partial charge in [0.1, 0.15) is 12.7 Å². The van der Waals surface area contributed by atoms with Crippen molar-refractivity contribution in [3.05, 3.63) is 266 Å². The van der Waals surface area contributed by atoms with Crippen molar-refractivity contribution in [3.63, 3.8) is 0 Å². The molecule has 0 aliphatic heterocycles. The second-order valence-corrected chi connectivity index (χ2v) is 17.5. The van der Waals surface area contributed by atoms with Crippen LogP contribution >= 0.6 is 0 Å². The molecule has 9 aromatic carbocycles. The quantitative estimate of drug-likeness (QED) is 0.160. The third-order valence-electron chi connectivity index (χ3n) is 13.8. The van der Waals surface area contributed by atoms with E-state index in [-0.39, 0.29) is 0 Å². The van der Waals surface area contributed by atoms with Gasteiger partial charge in [0, 0.05) is 35.9 Å². The van der Waals surface area contributed by atoms with Crippen LogP contribution in [0.1, 0.15) is 22.3 Å². The van der Waals surface area contributed by atoms with Gasteiger partial charge >= 0.3 is 0 Å². The van der Waals surface area contributed by atoms with E-state index in [0.29, 0.717) is 0 Å². The number of hydrogen-bond donors (Lipinski definition) is 0. The van der Waals surface area contributed by atoms with E-state index in [1.807, 2.05) is 24.8 Å². The molecule has 67 heavy (non-hydrogen) atoms. The number of aromatic nitrogens is 4. The van der Waals surface area contributed by atoms with Crippen molar-refractivity contribution in [3.8, 4) is 100 Å². The van der Waals surface area contributed by atoms with Gasteiger partial charge in [0.2, 0.25) is 0 Å². The molecule has 2 aliphatic rings. The molecule has 11 aromatic rings. The molecule has 0 N–H and O–H groups in total. The largest absolute Gasteiger partial charge is 0.244 e. The minimum absolute atomic E-state index is 0.431. The Morgan fingerprint density at radius 2 is 0.493 bits per heavy atom. The van der Waals surface area contributed by atoms with Crippen LogP contribution in [-0.4, -0.2) is 19.9 Å². The summed E-state index contributed by atoms with van der Waals surface area (Å²) in [6.45, 7) is 0. The molecule has 13 rings (SSSR count). The van der Waals surface area contributed by atoms with E-state index in [2.05, 4.69) is 226 Å². The van der Waals surface area contributed by atoms with Crippen molar-refractivity contribution < 1.29 is 0 Å². The van der Waals surface area contributed by atoms with E-state index in [1.165, 1.54) is 50.1 Å². The SMILES string of the molecule is c1cc(-c2cncnc2)cc(-c2cccc(-c3cc(-c4cccc(-c5cccc(-c6cncnc6)c5)c4)cc(-c4ccc5c(c4)C4(c6ccccc6-c6ccccc64)c4ccccc4-5)c3)c2)c1. The van der Waals surface area contributed by atoms with E-state index in [4.69, 9.17) is 0 Å². The van der Waals surface area contributed by atoms with E-state index >= 15 is 0 Å². The second kappa shape index (κ2) is 15.7. The van der Waals surface area contributed by atoms with Crippen molar-refractivity contribution in [1.82, 2.24) is 19.9 Å². The molecule has 2 aromatic heterocycles. The Kier molecular flexibility index (Phi) is 9.04. The highest BCUT2D eigenvalue weighted by atomic mass is 14.8. The van der Waals surface area contributed by atoms with Gasteiger partial charge in [0.25, 0.3) is 0 Å². The molecule has 0 atom stereocenters. The van der Waals surface area contributed by atoms with Crippen LogP contribution in [0.15, 0.2) is 244 Å². The zero-order valence-electron chi connectivity index (χ0n) is 36.4. The Morgan fingerprint density at radius 1 is 0.209 bits per heavy atom. The minimum atomic E-state index is -0.431. The summed E-state index contributed by atoms with van der Waals surface area (Å²) < 4.78 is 0. The number of nitrogens with zero attached hydrogens (tertiary/aromatic N) is 4. The maximum Gasteiger partial charge on any atom is 0.115 e. The molecule has 0 saturated heterocycles. The van der Waals surface area contributed by atoms with Gasteiger partial charge in [-0.15, -0.1) is 0 Å². The molecule has 0 amide bonds. The van der Waals surface area contributed by atoms with Crippen LogP contribution < -0.4 is 0 Å². The highest BCUT2D eigenvalue weighted by molar-refractivity contribution is 5.96. The number of fused-ring (bicyclic) bond motifs is 10. The summed E-state index contributed by atoms with van der Waals surface area (Å²) in [5.41, 5.74) is 25.8. The smallest absolute Gasteiger partial charge is 0.115 e. The minimum Gasteiger partial charge on any atom is -0.244 e. The number of rotatable bonds is 7. The highest BCUT2D eigenvalue weighted by Crippen LogP contribution is 2.63. The van der Waals surface area contributed by atoms with Crippen molar-refractivity contribution in [1.29, 1.82) is 0 Å². The van der Waals surface area contributed by atoms with Gasteiger partial charge in [-0.2, -0.15) is 0 Å². The zero-order chi connectivity index (χ0) is 44.3. The third-order valence-corrected chi connectivity index (χ3v) is 13.8. The zero-order valence-corrected chi connectivity index (χ0v) is 36.4. The standard InChI is InChI=1S/C63H40N4/c1-4-22-59-55(19-1)56-20-2-5-23-60(56)63(59)61-24-6-3-21-57(61)58-26-25-49(34-62(58)63)52-32-50(45-15-7-11-41(27-45)43-13-9-17-47(29-43)53-35-64-39-65-36-53)31-51(33-52)46-16-8-12-42(28-46)44-14-10-18-48(30-44)54-37-66-40-67-38-54/h1-40H. The fourth-order valence-electron chi connectivity index (χ4n) is 10.8. The topological polar surface area (TPSA) is 51.6 Å². The Balaban J connectivity index is 0.986. The molecule has 2 aliphatic carbocycles. The average Bonchev–Trinajstić information content (AvgIpc) is 3.88. The highest BCUT2D eigenvalue weighted by Gasteiger charge is 2.51. The molecule has 0 bridgehead atoms. The predicted molar refractivity (Wildman–Crippen MR) is 272 cm³/mol. The second-order valence-electron chi connectivity index (χ2n) is 17.5. The first kappa shape index (κ1) is 38.6. The molecular weight excluding hydrogens is 813 g/mol. The Morgan fingerprint density at radius 3 is 0.866 bits per heavy atom. The van der Waals surface area contributed by atoms with Crippen molar-refractivity contribution in [2.24, 2.45) is 0 Å². The summed E-state index contributed by atoms with van der Waals surface area (Å²) in [6.07, 6.45) is 10.6. The maximum atomic E-state index is 4.28. The van der Waals surface area contributed by atoms with Crippen LogP contribution in [0.4, 0.5) is 0 Å². The van der Waals surface area contributed by atoms with E-state index < -0.39 is 5.41 Å². The van der Waals surface area contributed by atoms with E-state index in [1.54, 1.807) is 12.7 Å². The molecule has 0 saturated carbocycles. The lowest BCUT2D eigenvalue weighted by molar-refractivity contribution is 0.794. The normalized spacial score (nSPS) is 12.6. The lowest BCUT2D eigenvalue weighted by Crippen LogP contribution is -2.25. The fraction of sp³-hybridized carbons (Fsp3) is 0.0159. The molecule has 2 heterocycles. The molecule has 0 radical (unpaired) electrons. The van der Waals surface area contributed by atoms with Crippen molar-refractivity contribution in [2.45, 2.75) is 5.41 Å². The van der Waals surface area contributed by atoms with Crippen LogP contribution in [-0.2, 0) is 5.41 Å². The Hall–Kier alpha value is -8.86. The van der Waals surface area contributed by atoms with Gasteiger partial charge in [-0.05, 0) is 160 Å².